The lowest BCUT2D eigenvalue weighted by Crippen LogP contribution is -2.26. The van der Waals surface area contributed by atoms with Gasteiger partial charge in [0, 0.05) is 44.1 Å². The molecule has 1 aromatic heterocycles. The number of nitrogens with one attached hydrogen (secondary N) is 1. The highest BCUT2D eigenvalue weighted by Crippen LogP contribution is 2.62. The first-order valence-corrected chi connectivity index (χ1v) is 21.2. The normalized spacial score (nSPS) is 15.8. The van der Waals surface area contributed by atoms with Crippen LogP contribution in [0.2, 0.25) is 0 Å². The van der Waals surface area contributed by atoms with Crippen LogP contribution in [0.4, 0.5) is 11.4 Å². The molecule has 60 heavy (non-hydrogen) atoms. The average molecular weight is 765 g/mol. The van der Waals surface area contributed by atoms with Gasteiger partial charge >= 0.3 is 0 Å². The molecule has 0 saturated carbocycles. The van der Waals surface area contributed by atoms with Crippen LogP contribution in [0, 0.1) is 0 Å². The van der Waals surface area contributed by atoms with E-state index in [1.54, 1.807) is 0 Å². The first-order valence-electron chi connectivity index (χ1n) is 21.2. The number of aromatic nitrogens is 1. The third-order valence-electron chi connectivity index (χ3n) is 13.9. The zero-order chi connectivity index (χ0) is 39.5. The molecule has 282 valence electrons. The highest BCUT2D eigenvalue weighted by Gasteiger charge is 2.47. The van der Waals surface area contributed by atoms with E-state index in [4.69, 9.17) is 0 Å². The number of hydrogen-bond acceptors (Lipinski definition) is 1. The van der Waals surface area contributed by atoms with Crippen LogP contribution in [0.3, 0.4) is 0 Å². The standard InChI is InChI=1S/C58H40N2/c1-58(40-31-28-37-16-5-6-17-39(37)34-40)49-24-12-23-46-45-18-7-9-26-52(45)60-53-27-10-8-19-47(53)54-48(35-50(58)56(55(46)49)57(54)60)43-20-11-22-44-42(43)21-13-25-51(44)59-41-32-29-38(30-33-41)36-14-3-2-4-15-36/h2-27,29-30,32-35,59H,28,31H2,1H3. The van der Waals surface area contributed by atoms with Gasteiger partial charge in [-0.1, -0.05) is 163 Å². The first-order chi connectivity index (χ1) is 29.6. The Morgan fingerprint density at radius 2 is 1.20 bits per heavy atom. The number of rotatable bonds is 5. The van der Waals surface area contributed by atoms with Crippen LogP contribution in [0.25, 0.3) is 88.8 Å². The molecule has 2 heteroatoms. The Labute approximate surface area is 349 Å². The molecule has 3 aliphatic rings. The largest absolute Gasteiger partial charge is 0.355 e. The van der Waals surface area contributed by atoms with Crippen molar-refractivity contribution in [3.63, 3.8) is 0 Å². The summed E-state index contributed by atoms with van der Waals surface area (Å²) in [6, 6.07) is 69.8. The predicted octanol–water partition coefficient (Wildman–Crippen LogP) is 15.3. The van der Waals surface area contributed by atoms with E-state index in [-0.39, 0.29) is 5.41 Å². The van der Waals surface area contributed by atoms with Crippen molar-refractivity contribution in [2.24, 2.45) is 0 Å². The van der Waals surface area contributed by atoms with Gasteiger partial charge in [-0.3, -0.25) is 0 Å². The summed E-state index contributed by atoms with van der Waals surface area (Å²) in [6.45, 7) is 2.52. The number of hydrogen-bond donors (Lipinski definition) is 1. The summed E-state index contributed by atoms with van der Waals surface area (Å²) in [4.78, 5) is 0. The van der Waals surface area contributed by atoms with Gasteiger partial charge in [0.05, 0.1) is 16.7 Å². The van der Waals surface area contributed by atoms with Crippen molar-refractivity contribution in [1.29, 1.82) is 0 Å². The molecule has 13 rings (SSSR count). The second kappa shape index (κ2) is 12.5. The molecule has 0 amide bonds. The molecule has 0 bridgehead atoms. The Balaban J connectivity index is 1.09. The summed E-state index contributed by atoms with van der Waals surface area (Å²) in [5, 5.41) is 8.85. The maximum absolute atomic E-state index is 3.81. The molecule has 0 spiro atoms. The lowest BCUT2D eigenvalue weighted by atomic mass is 9.69. The van der Waals surface area contributed by atoms with Crippen molar-refractivity contribution >= 4 is 50.0 Å². The van der Waals surface area contributed by atoms with Gasteiger partial charge in [0.15, 0.2) is 0 Å². The predicted molar refractivity (Wildman–Crippen MR) is 253 cm³/mol. The smallest absolute Gasteiger partial charge is 0.0629 e. The molecule has 1 atom stereocenters. The highest BCUT2D eigenvalue weighted by atomic mass is 15.0. The van der Waals surface area contributed by atoms with Gasteiger partial charge in [0.25, 0.3) is 0 Å². The fraction of sp³-hybridized carbons (Fsp3) is 0.0690. The Hall–Kier alpha value is -7.42. The first kappa shape index (κ1) is 33.5. The summed E-state index contributed by atoms with van der Waals surface area (Å²) in [7, 11) is 0. The molecular weight excluding hydrogens is 725 g/mol. The van der Waals surface area contributed by atoms with Gasteiger partial charge in [-0.25, -0.2) is 0 Å². The zero-order valence-electron chi connectivity index (χ0n) is 33.3. The third-order valence-corrected chi connectivity index (χ3v) is 13.9. The molecule has 1 N–H and O–H groups in total. The topological polar surface area (TPSA) is 17.0 Å². The summed E-state index contributed by atoms with van der Waals surface area (Å²) < 4.78 is 2.60. The summed E-state index contributed by atoms with van der Waals surface area (Å²) in [5.41, 5.74) is 23.1. The van der Waals surface area contributed by atoms with Crippen molar-refractivity contribution in [2.45, 2.75) is 25.2 Å². The number of nitrogens with zero attached hydrogens (tertiary/aromatic N) is 1. The molecular formula is C58H40N2. The third kappa shape index (κ3) is 4.59. The molecule has 0 saturated heterocycles. The number of allylic oxidation sites excluding steroid dienone is 1. The number of aryl methyl sites for hydroxylation is 1. The van der Waals surface area contributed by atoms with E-state index in [9.17, 15) is 0 Å². The van der Waals surface area contributed by atoms with E-state index < -0.39 is 0 Å². The fourth-order valence-electron chi connectivity index (χ4n) is 11.1. The molecule has 1 aliphatic heterocycles. The van der Waals surface area contributed by atoms with Gasteiger partial charge in [-0.05, 0) is 117 Å². The summed E-state index contributed by atoms with van der Waals surface area (Å²) in [5.74, 6) is 0. The van der Waals surface area contributed by atoms with E-state index in [2.05, 4.69) is 211 Å². The van der Waals surface area contributed by atoms with Crippen LogP contribution >= 0.6 is 0 Å². The van der Waals surface area contributed by atoms with Crippen molar-refractivity contribution in [3.8, 4) is 50.2 Å². The minimum Gasteiger partial charge on any atom is -0.355 e. The van der Waals surface area contributed by atoms with Gasteiger partial charge in [0.1, 0.15) is 0 Å². The van der Waals surface area contributed by atoms with Gasteiger partial charge in [-0.15, -0.1) is 0 Å². The van der Waals surface area contributed by atoms with Gasteiger partial charge in [0.2, 0.25) is 0 Å². The van der Waals surface area contributed by atoms with E-state index in [1.807, 2.05) is 0 Å². The van der Waals surface area contributed by atoms with Crippen LogP contribution in [-0.2, 0) is 11.8 Å². The Bertz CT molecular complexity index is 3460. The minimum atomic E-state index is -0.325. The van der Waals surface area contributed by atoms with Crippen molar-refractivity contribution in [2.75, 3.05) is 5.32 Å². The molecule has 1 unspecified atom stereocenters. The van der Waals surface area contributed by atoms with E-state index in [0.29, 0.717) is 0 Å². The molecule has 10 aromatic rings. The SMILES string of the molecule is CC1(C2=Cc3ccccc3CC2)c2cccc3c2-c2c1cc(-c1cccc4c(Nc5ccc(-c6ccccc6)cc5)cccc14)c1c4ccccc4n(c21)-c1ccccc1-3. The Morgan fingerprint density at radius 3 is 2.12 bits per heavy atom. The van der Waals surface area contributed by atoms with E-state index in [1.165, 1.54) is 111 Å². The monoisotopic (exact) mass is 764 g/mol. The van der Waals surface area contributed by atoms with E-state index in [0.717, 1.165) is 24.2 Å². The maximum atomic E-state index is 3.81. The molecule has 9 aromatic carbocycles. The van der Waals surface area contributed by atoms with Gasteiger partial charge in [-0.2, -0.15) is 0 Å². The Kier molecular flexibility index (Phi) is 7.01. The van der Waals surface area contributed by atoms with Gasteiger partial charge < -0.3 is 9.88 Å². The number of benzene rings is 9. The maximum Gasteiger partial charge on any atom is 0.0629 e. The van der Waals surface area contributed by atoms with Crippen LogP contribution in [-0.4, -0.2) is 4.57 Å². The molecule has 2 heterocycles. The molecule has 2 aliphatic carbocycles. The Morgan fingerprint density at radius 1 is 0.500 bits per heavy atom. The quantitative estimate of drug-likeness (QED) is 0.185. The number of anilines is 2. The molecule has 0 radical (unpaired) electrons. The lowest BCUT2D eigenvalue weighted by molar-refractivity contribution is 0.651. The zero-order valence-corrected chi connectivity index (χ0v) is 33.3. The average Bonchev–Trinajstić information content (AvgIpc) is 3.74. The number of fused-ring (bicyclic) bond motifs is 8. The van der Waals surface area contributed by atoms with Crippen molar-refractivity contribution in [3.05, 3.63) is 216 Å². The second-order valence-corrected chi connectivity index (χ2v) is 16.9. The summed E-state index contributed by atoms with van der Waals surface area (Å²) >= 11 is 0. The van der Waals surface area contributed by atoms with E-state index >= 15 is 0 Å². The van der Waals surface area contributed by atoms with Crippen LogP contribution in [0.5, 0.6) is 0 Å². The summed E-state index contributed by atoms with van der Waals surface area (Å²) in [6.07, 6.45) is 4.60. The number of para-hydroxylation sites is 2. The van der Waals surface area contributed by atoms with Crippen LogP contribution in [0.15, 0.2) is 194 Å². The van der Waals surface area contributed by atoms with Crippen LogP contribution in [0.1, 0.15) is 35.6 Å². The van der Waals surface area contributed by atoms with Crippen LogP contribution < -0.4 is 5.32 Å². The van der Waals surface area contributed by atoms with Crippen molar-refractivity contribution < 1.29 is 0 Å². The van der Waals surface area contributed by atoms with Crippen molar-refractivity contribution in [1.82, 2.24) is 4.57 Å². The molecule has 2 nitrogen and oxygen atoms in total. The highest BCUT2D eigenvalue weighted by molar-refractivity contribution is 6.25. The second-order valence-electron chi connectivity index (χ2n) is 16.9. The minimum absolute atomic E-state index is 0.325. The lowest BCUT2D eigenvalue weighted by Gasteiger charge is -2.34. The molecule has 0 fully saturated rings. The fourth-order valence-corrected chi connectivity index (χ4v) is 11.1.